The maximum atomic E-state index is 12.6. The van der Waals surface area contributed by atoms with Gasteiger partial charge in [0.25, 0.3) is 0 Å². The highest BCUT2D eigenvalue weighted by atomic mass is 16.5. The molecule has 0 bridgehead atoms. The van der Waals surface area contributed by atoms with Crippen molar-refractivity contribution in [1.29, 1.82) is 0 Å². The van der Waals surface area contributed by atoms with Crippen LogP contribution in [0.3, 0.4) is 0 Å². The second kappa shape index (κ2) is 91.1. The Morgan fingerprint density at radius 1 is 0.272 bits per heavy atom. The molecular formula is C92H174O11. The fourth-order valence-electron chi connectivity index (χ4n) is 12.9. The number of carbonyl (C=O) groups excluding carboxylic acids is 3. The third kappa shape index (κ3) is 92.9. The lowest BCUT2D eigenvalue weighted by molar-refractivity contribution is -0.150. The van der Waals surface area contributed by atoms with E-state index in [1.807, 2.05) is 0 Å². The number of aliphatic carboxylic acids is 1. The van der Waals surface area contributed by atoms with Gasteiger partial charge in [-0.3, -0.25) is 19.2 Å². The van der Waals surface area contributed by atoms with Crippen LogP contribution in [-0.2, 0) is 33.4 Å². The summed E-state index contributed by atoms with van der Waals surface area (Å²) in [7, 11) is 0. The Balaban J connectivity index is -0.00000172. The van der Waals surface area contributed by atoms with Crippen molar-refractivity contribution in [3.05, 3.63) is 48.6 Å². The highest BCUT2D eigenvalue weighted by Gasteiger charge is 2.15. The molecule has 11 nitrogen and oxygen atoms in total. The molecule has 0 saturated carbocycles. The molecule has 0 heterocycles. The van der Waals surface area contributed by atoms with E-state index in [9.17, 15) is 29.4 Å². The van der Waals surface area contributed by atoms with E-state index in [0.29, 0.717) is 32.5 Å². The zero-order valence-electron chi connectivity index (χ0n) is 69.1. The SMILES string of the molecule is CCCCCCC(O)C/C=C\CCCCCCCC(=O)OC(C/C=C\CCCCCCCC(=O)O)CCCCCC.CCCCCCCCCCO.CCCCCCCCCCOC(=O)CCCCCCC/C=C\CC(CCCCCC)OC(=O)CCCCCCC/C=C\CC(O)CCCCCC. The first kappa shape index (κ1) is 104. The van der Waals surface area contributed by atoms with E-state index in [1.165, 1.54) is 205 Å². The average molecular weight is 1460 g/mol. The summed E-state index contributed by atoms with van der Waals surface area (Å²) in [5, 5.41) is 37.3. The summed E-state index contributed by atoms with van der Waals surface area (Å²) < 4.78 is 17.2. The molecule has 4 atom stereocenters. The molecule has 0 aromatic carbocycles. The van der Waals surface area contributed by atoms with Crippen LogP contribution in [0.5, 0.6) is 0 Å². The number of ether oxygens (including phenoxy) is 3. The van der Waals surface area contributed by atoms with Crippen LogP contribution in [0, 0.1) is 0 Å². The van der Waals surface area contributed by atoms with Crippen molar-refractivity contribution in [2.75, 3.05) is 13.2 Å². The standard InChI is InChI=1S/C46H86O5.C36H66O5.C10H22O/c1-4-7-10-13-14-23-28-35-42-50-45(48)40-33-26-21-18-16-20-25-32-39-44(38-31-12-9-6-3)51-46(49)41-34-27-22-17-15-19-24-30-37-43(47)36-29-11-8-5-2;1-3-5-7-21-27-33(37)28-22-17-13-9-12-16-20-26-32-36(40)41-34(29-23-8-6-4-2)30-24-18-14-10-11-15-19-25-31-35(38)39;1-2-3-4-5-6-7-8-9-10-11/h24-25,30,32,43-44,47H,4-23,26-29,31,33-42H2,1-3H3;17-18,22,24,33-34,37H,3-16,19-21,23,25-32H2,1-2H3,(H,38,39);11H,2-10H2,1H3/b30-24-,32-25-;22-17-,24-18-;. The minimum absolute atomic E-state index is 0.00237. The van der Waals surface area contributed by atoms with Gasteiger partial charge in [-0.1, -0.05) is 347 Å². The quantitative estimate of drug-likeness (QED) is 0.0197. The van der Waals surface area contributed by atoms with Crippen LogP contribution in [0.1, 0.15) is 478 Å². The van der Waals surface area contributed by atoms with Gasteiger partial charge in [0.15, 0.2) is 0 Å². The zero-order valence-corrected chi connectivity index (χ0v) is 69.1. The number of hydrogen-bond acceptors (Lipinski definition) is 10. The number of esters is 3. The summed E-state index contributed by atoms with van der Waals surface area (Å²) in [6, 6.07) is 0. The number of hydrogen-bond donors (Lipinski definition) is 4. The molecule has 608 valence electrons. The summed E-state index contributed by atoms with van der Waals surface area (Å²) >= 11 is 0. The number of allylic oxidation sites excluding steroid dienone is 4. The molecule has 0 fully saturated rings. The first-order valence-electron chi connectivity index (χ1n) is 44.8. The van der Waals surface area contributed by atoms with Crippen molar-refractivity contribution in [3.8, 4) is 0 Å². The van der Waals surface area contributed by atoms with Gasteiger partial charge in [0, 0.05) is 45.1 Å². The van der Waals surface area contributed by atoms with E-state index in [2.05, 4.69) is 90.2 Å². The summed E-state index contributed by atoms with van der Waals surface area (Å²) in [6.45, 7) is 14.3. The van der Waals surface area contributed by atoms with Crippen LogP contribution < -0.4 is 0 Å². The van der Waals surface area contributed by atoms with Crippen LogP contribution in [0.15, 0.2) is 48.6 Å². The lowest BCUT2D eigenvalue weighted by atomic mass is 10.1. The Kier molecular flexibility index (Phi) is 91.9. The molecule has 0 aliphatic heterocycles. The molecule has 0 radical (unpaired) electrons. The lowest BCUT2D eigenvalue weighted by Crippen LogP contribution is -2.17. The molecule has 0 amide bonds. The number of carbonyl (C=O) groups is 4. The topological polar surface area (TPSA) is 177 Å². The Morgan fingerprint density at radius 2 is 0.524 bits per heavy atom. The number of carboxylic acids is 1. The Morgan fingerprint density at radius 3 is 0.845 bits per heavy atom. The molecule has 0 aliphatic rings. The van der Waals surface area contributed by atoms with Crippen LogP contribution in [0.2, 0.25) is 0 Å². The fraction of sp³-hybridized carbons (Fsp3) is 0.870. The van der Waals surface area contributed by atoms with Gasteiger partial charge in [0.2, 0.25) is 0 Å². The van der Waals surface area contributed by atoms with E-state index in [1.54, 1.807) is 0 Å². The van der Waals surface area contributed by atoms with Crippen molar-refractivity contribution < 1.29 is 53.8 Å². The minimum Gasteiger partial charge on any atom is -0.481 e. The monoisotopic (exact) mass is 1460 g/mol. The van der Waals surface area contributed by atoms with Gasteiger partial charge in [-0.15, -0.1) is 0 Å². The van der Waals surface area contributed by atoms with Gasteiger partial charge in [0.05, 0.1) is 18.8 Å². The van der Waals surface area contributed by atoms with Crippen LogP contribution >= 0.6 is 0 Å². The molecule has 11 heteroatoms. The Bertz CT molecular complexity index is 1820. The molecule has 0 aliphatic carbocycles. The predicted octanol–water partition coefficient (Wildman–Crippen LogP) is 28.0. The predicted molar refractivity (Wildman–Crippen MR) is 442 cm³/mol. The number of unbranched alkanes of at least 4 members (excludes halogenated alkanes) is 46. The minimum atomic E-state index is -0.700. The van der Waals surface area contributed by atoms with Gasteiger partial charge in [-0.2, -0.15) is 0 Å². The second-order valence-corrected chi connectivity index (χ2v) is 30.3. The molecule has 0 rings (SSSR count). The highest BCUT2D eigenvalue weighted by Crippen LogP contribution is 2.20. The highest BCUT2D eigenvalue weighted by molar-refractivity contribution is 5.70. The molecule has 0 saturated heterocycles. The molecule has 0 aromatic rings. The van der Waals surface area contributed by atoms with Gasteiger partial charge < -0.3 is 34.6 Å². The lowest BCUT2D eigenvalue weighted by Gasteiger charge is -2.16. The van der Waals surface area contributed by atoms with Crippen molar-refractivity contribution in [2.45, 2.75) is 503 Å². The molecule has 103 heavy (non-hydrogen) atoms. The molecule has 4 N–H and O–H groups in total. The van der Waals surface area contributed by atoms with Gasteiger partial charge in [-0.25, -0.2) is 0 Å². The molecular weight excluding hydrogens is 1280 g/mol. The zero-order chi connectivity index (χ0) is 75.9. The van der Waals surface area contributed by atoms with Crippen molar-refractivity contribution in [2.24, 2.45) is 0 Å². The van der Waals surface area contributed by atoms with E-state index in [4.69, 9.17) is 24.4 Å². The first-order valence-corrected chi connectivity index (χ1v) is 44.8. The smallest absolute Gasteiger partial charge is 0.306 e. The third-order valence-electron chi connectivity index (χ3n) is 19.7. The maximum absolute atomic E-state index is 12.6. The summed E-state index contributed by atoms with van der Waals surface area (Å²) in [6.07, 6.45) is 91.8. The van der Waals surface area contributed by atoms with Crippen molar-refractivity contribution >= 4 is 23.9 Å². The average Bonchev–Trinajstić information content (AvgIpc) is 1.66. The third-order valence-corrected chi connectivity index (χ3v) is 19.7. The molecule has 4 unspecified atom stereocenters. The van der Waals surface area contributed by atoms with E-state index in [-0.39, 0.29) is 48.7 Å². The number of carboxylic acid groups (broad SMARTS) is 1. The Hall–Kier alpha value is -3.28. The van der Waals surface area contributed by atoms with E-state index in [0.717, 1.165) is 205 Å². The van der Waals surface area contributed by atoms with Crippen LogP contribution in [0.25, 0.3) is 0 Å². The van der Waals surface area contributed by atoms with Crippen LogP contribution in [0.4, 0.5) is 0 Å². The van der Waals surface area contributed by atoms with Gasteiger partial charge in [-0.05, 0) is 141 Å². The Labute approximate surface area is 638 Å². The maximum Gasteiger partial charge on any atom is 0.306 e. The van der Waals surface area contributed by atoms with Crippen molar-refractivity contribution in [3.63, 3.8) is 0 Å². The van der Waals surface area contributed by atoms with E-state index >= 15 is 0 Å². The largest absolute Gasteiger partial charge is 0.481 e. The summed E-state index contributed by atoms with van der Waals surface area (Å²) in [4.78, 5) is 47.7. The summed E-state index contributed by atoms with van der Waals surface area (Å²) in [5.41, 5.74) is 0. The molecule has 0 spiro atoms. The molecule has 0 aromatic heterocycles. The number of rotatable bonds is 79. The first-order chi connectivity index (χ1) is 50.4. The summed E-state index contributed by atoms with van der Waals surface area (Å²) in [5.74, 6) is -0.802. The normalized spacial score (nSPS) is 12.8. The number of aliphatic hydroxyl groups is 3. The van der Waals surface area contributed by atoms with E-state index < -0.39 is 5.97 Å². The van der Waals surface area contributed by atoms with Gasteiger partial charge in [0.1, 0.15) is 12.2 Å². The van der Waals surface area contributed by atoms with Crippen molar-refractivity contribution in [1.82, 2.24) is 0 Å². The second-order valence-electron chi connectivity index (χ2n) is 30.3. The number of aliphatic hydroxyl groups excluding tert-OH is 3. The van der Waals surface area contributed by atoms with Gasteiger partial charge >= 0.3 is 23.9 Å². The van der Waals surface area contributed by atoms with Crippen LogP contribution in [-0.4, -0.2) is 81.9 Å². The fourth-order valence-corrected chi connectivity index (χ4v) is 12.9.